The van der Waals surface area contributed by atoms with Gasteiger partial charge in [0.15, 0.2) is 5.82 Å². The highest BCUT2D eigenvalue weighted by Crippen LogP contribution is 2.43. The molecule has 0 saturated carbocycles. The van der Waals surface area contributed by atoms with E-state index in [2.05, 4.69) is 39.0 Å². The molecule has 0 amide bonds. The molecule has 3 aromatic rings. The summed E-state index contributed by atoms with van der Waals surface area (Å²) in [5.41, 5.74) is 3.32. The third-order valence-corrected chi connectivity index (χ3v) is 6.27. The molecule has 1 aromatic carbocycles. The number of phenols is 1. The molecule has 7 heteroatoms. The summed E-state index contributed by atoms with van der Waals surface area (Å²) in [6, 6.07) is 5.92. The van der Waals surface area contributed by atoms with E-state index in [0.717, 1.165) is 29.8 Å². The van der Waals surface area contributed by atoms with Crippen molar-refractivity contribution in [2.75, 3.05) is 0 Å². The number of aromatic hydroxyl groups is 1. The zero-order valence-corrected chi connectivity index (χ0v) is 16.4. The normalized spacial score (nSPS) is 25.8. The number of fused-ring (bicyclic) bond motifs is 2. The van der Waals surface area contributed by atoms with Crippen LogP contribution >= 0.6 is 0 Å². The summed E-state index contributed by atoms with van der Waals surface area (Å²) in [6.45, 7) is 6.61. The molecule has 2 fully saturated rings. The highest BCUT2D eigenvalue weighted by Gasteiger charge is 2.42. The van der Waals surface area contributed by atoms with Crippen LogP contribution in [-0.4, -0.2) is 41.4 Å². The zero-order valence-electron chi connectivity index (χ0n) is 16.4. The van der Waals surface area contributed by atoms with Crippen LogP contribution in [0.4, 0.5) is 0 Å². The Morgan fingerprint density at radius 1 is 1.34 bits per heavy atom. The second kappa shape index (κ2) is 6.77. The molecule has 3 atom stereocenters. The molecule has 2 saturated heterocycles. The van der Waals surface area contributed by atoms with Gasteiger partial charge in [-0.25, -0.2) is 9.97 Å². The van der Waals surface area contributed by atoms with Crippen molar-refractivity contribution in [2.24, 2.45) is 5.92 Å². The van der Waals surface area contributed by atoms with Crippen LogP contribution in [0.2, 0.25) is 0 Å². The van der Waals surface area contributed by atoms with Crippen molar-refractivity contribution in [2.45, 2.75) is 44.2 Å². The minimum Gasteiger partial charge on any atom is -0.507 e. The van der Waals surface area contributed by atoms with E-state index in [0.29, 0.717) is 23.3 Å². The molecule has 4 heterocycles. The average molecular weight is 388 g/mol. The quantitative estimate of drug-likeness (QED) is 0.712. The van der Waals surface area contributed by atoms with E-state index in [9.17, 15) is 5.11 Å². The zero-order chi connectivity index (χ0) is 20.0. The first-order valence-corrected chi connectivity index (χ1v) is 9.99. The number of benzene rings is 1. The fourth-order valence-electron chi connectivity index (χ4n) is 4.74. The van der Waals surface area contributed by atoms with E-state index < -0.39 is 0 Å². The topological polar surface area (TPSA) is 88.8 Å². The molecule has 29 heavy (non-hydrogen) atoms. The lowest BCUT2D eigenvalue weighted by molar-refractivity contribution is 0.261. The monoisotopic (exact) mass is 388 g/mol. The highest BCUT2D eigenvalue weighted by molar-refractivity contribution is 5.67. The minimum absolute atomic E-state index is 0.104. The first kappa shape index (κ1) is 18.0. The molecule has 148 valence electrons. The smallest absolute Gasteiger partial charge is 0.185 e. The number of hydrogen-bond donors (Lipinski definition) is 2. The first-order chi connectivity index (χ1) is 14.0. The van der Waals surface area contributed by atoms with Gasteiger partial charge < -0.3 is 15.0 Å². The van der Waals surface area contributed by atoms with E-state index in [1.807, 2.05) is 16.8 Å². The minimum atomic E-state index is 0.104. The van der Waals surface area contributed by atoms with Gasteiger partial charge in [0.25, 0.3) is 0 Å². The third kappa shape index (κ3) is 3.31. The molecule has 2 aromatic heterocycles. The molecule has 2 bridgehead atoms. The molecule has 5 rings (SSSR count). The summed E-state index contributed by atoms with van der Waals surface area (Å²) in [6.07, 6.45) is 11.5. The molecule has 2 aliphatic rings. The fraction of sp³-hybridized carbons (Fsp3) is 0.364. The summed E-state index contributed by atoms with van der Waals surface area (Å²) >= 11 is 0. The Hall–Kier alpha value is -3.06. The molecule has 0 spiro atoms. The average Bonchev–Trinajstić information content (AvgIpc) is 3.35. The molecule has 0 aliphatic carbocycles. The summed E-state index contributed by atoms with van der Waals surface area (Å²) < 4.78 is 1.82. The van der Waals surface area contributed by atoms with Crippen LogP contribution < -0.4 is 5.32 Å². The Labute approximate surface area is 169 Å². The molecular weight excluding hydrogens is 364 g/mol. The van der Waals surface area contributed by atoms with Crippen LogP contribution in [0, 0.1) is 5.92 Å². The van der Waals surface area contributed by atoms with Gasteiger partial charge in [-0.1, -0.05) is 6.58 Å². The maximum atomic E-state index is 10.5. The fourth-order valence-corrected chi connectivity index (χ4v) is 4.74. The summed E-state index contributed by atoms with van der Waals surface area (Å²) in [5.74, 6) is 0.902. The molecule has 0 unspecified atom stereocenters. The van der Waals surface area contributed by atoms with Crippen molar-refractivity contribution < 1.29 is 5.11 Å². The van der Waals surface area contributed by atoms with Gasteiger partial charge >= 0.3 is 0 Å². The van der Waals surface area contributed by atoms with Crippen LogP contribution in [0.25, 0.3) is 22.6 Å². The lowest BCUT2D eigenvalue weighted by atomic mass is 9.80. The van der Waals surface area contributed by atoms with E-state index in [4.69, 9.17) is 0 Å². The van der Waals surface area contributed by atoms with E-state index in [1.54, 1.807) is 30.9 Å². The second-order valence-corrected chi connectivity index (χ2v) is 8.44. The Morgan fingerprint density at radius 3 is 2.93 bits per heavy atom. The number of imidazole rings is 1. The predicted octanol–water partition coefficient (Wildman–Crippen LogP) is 3.36. The van der Waals surface area contributed by atoms with Crippen molar-refractivity contribution in [3.05, 3.63) is 55.4 Å². The SMILES string of the molecule is C=C(c1cnc(-c2ccc(-n3ccnc3)cc2O)nn1)[C@@H]1C[C@H]2CC[C@@](C)(C1)N2. The van der Waals surface area contributed by atoms with Crippen molar-refractivity contribution in [3.8, 4) is 22.8 Å². The lowest BCUT2D eigenvalue weighted by Gasteiger charge is -2.37. The number of hydrogen-bond acceptors (Lipinski definition) is 6. The van der Waals surface area contributed by atoms with Gasteiger partial charge in [-0.2, -0.15) is 0 Å². The van der Waals surface area contributed by atoms with Gasteiger partial charge in [-0.15, -0.1) is 10.2 Å². The summed E-state index contributed by atoms with van der Waals surface area (Å²) in [5, 5.41) is 22.8. The number of allylic oxidation sites excluding steroid dienone is 1. The van der Waals surface area contributed by atoms with Crippen molar-refractivity contribution in [1.82, 2.24) is 30.0 Å². The highest BCUT2D eigenvalue weighted by atomic mass is 16.3. The lowest BCUT2D eigenvalue weighted by Crippen LogP contribution is -2.47. The Morgan fingerprint density at radius 2 is 2.24 bits per heavy atom. The van der Waals surface area contributed by atoms with Gasteiger partial charge in [0, 0.05) is 30.0 Å². The predicted molar refractivity (Wildman–Crippen MR) is 110 cm³/mol. The maximum Gasteiger partial charge on any atom is 0.185 e. The van der Waals surface area contributed by atoms with Crippen molar-refractivity contribution in [3.63, 3.8) is 0 Å². The van der Waals surface area contributed by atoms with E-state index in [1.165, 1.54) is 12.8 Å². The van der Waals surface area contributed by atoms with Gasteiger partial charge in [0.05, 0.1) is 23.8 Å². The first-order valence-electron chi connectivity index (χ1n) is 9.99. The Bertz CT molecular complexity index is 1050. The summed E-state index contributed by atoms with van der Waals surface area (Å²) in [7, 11) is 0. The largest absolute Gasteiger partial charge is 0.507 e. The molecular formula is C22H24N6O. The van der Waals surface area contributed by atoms with Gasteiger partial charge in [-0.3, -0.25) is 0 Å². The standard InChI is InChI=1S/C22H24N6O/c1-14(15-9-16-5-6-22(2,11-15)25-16)19-12-24-21(27-26-19)18-4-3-17(10-20(18)29)28-8-7-23-13-28/h3-4,7-8,10,12-13,15-16,25,29H,1,5-6,9,11H2,2H3/t15-,16-,22+/m1/s1. The van der Waals surface area contributed by atoms with Crippen LogP contribution in [0.5, 0.6) is 5.75 Å². The van der Waals surface area contributed by atoms with E-state index in [-0.39, 0.29) is 11.3 Å². The van der Waals surface area contributed by atoms with Crippen LogP contribution in [-0.2, 0) is 0 Å². The number of phenolic OH excluding ortho intramolecular Hbond substituents is 1. The Balaban J connectivity index is 1.36. The van der Waals surface area contributed by atoms with Crippen molar-refractivity contribution in [1.29, 1.82) is 0 Å². The molecule has 7 nitrogen and oxygen atoms in total. The molecule has 0 radical (unpaired) electrons. The molecule has 2 N–H and O–H groups in total. The number of nitrogens with one attached hydrogen (secondary N) is 1. The van der Waals surface area contributed by atoms with Crippen molar-refractivity contribution >= 4 is 5.57 Å². The van der Waals surface area contributed by atoms with Crippen LogP contribution in [0.3, 0.4) is 0 Å². The third-order valence-electron chi connectivity index (χ3n) is 6.27. The van der Waals surface area contributed by atoms with Gasteiger partial charge in [-0.05, 0) is 56.2 Å². The Kier molecular flexibility index (Phi) is 4.20. The van der Waals surface area contributed by atoms with E-state index >= 15 is 0 Å². The number of rotatable bonds is 4. The molecule has 2 aliphatic heterocycles. The van der Waals surface area contributed by atoms with Crippen LogP contribution in [0.15, 0.2) is 49.7 Å². The van der Waals surface area contributed by atoms with Crippen LogP contribution in [0.1, 0.15) is 38.3 Å². The number of piperidine rings is 1. The number of nitrogens with zero attached hydrogens (tertiary/aromatic N) is 5. The summed E-state index contributed by atoms with van der Waals surface area (Å²) in [4.78, 5) is 8.49. The van der Waals surface area contributed by atoms with Gasteiger partial charge in [0.1, 0.15) is 11.4 Å². The second-order valence-electron chi connectivity index (χ2n) is 8.44. The maximum absolute atomic E-state index is 10.5. The van der Waals surface area contributed by atoms with Gasteiger partial charge in [0.2, 0.25) is 0 Å². The number of aromatic nitrogens is 5.